The molecular weight excluding hydrogens is 414 g/mol. The van der Waals surface area contributed by atoms with Crippen LogP contribution in [0.4, 0.5) is 28.4 Å². The molecule has 0 unspecified atom stereocenters. The smallest absolute Gasteiger partial charge is 0.335 e. The highest BCUT2D eigenvalue weighted by atomic mass is 16.4. The lowest BCUT2D eigenvalue weighted by atomic mass is 10.2. The van der Waals surface area contributed by atoms with E-state index >= 15 is 0 Å². The van der Waals surface area contributed by atoms with Crippen LogP contribution in [0, 0.1) is 0 Å². The minimum Gasteiger partial charge on any atom is -0.478 e. The number of nitrogens with zero attached hydrogens (tertiary/aromatic N) is 5. The summed E-state index contributed by atoms with van der Waals surface area (Å²) in [6, 6.07) is 21.6. The summed E-state index contributed by atoms with van der Waals surface area (Å²) in [5, 5.41) is 25.8. The zero-order valence-corrected chi connectivity index (χ0v) is 19.1. The average Bonchev–Trinajstić information content (AvgIpc) is 2.85. The van der Waals surface area contributed by atoms with Crippen molar-refractivity contribution in [2.24, 2.45) is 20.5 Å². The zero-order chi connectivity index (χ0) is 23.5. The van der Waals surface area contributed by atoms with Crippen molar-refractivity contribution < 1.29 is 9.90 Å². The van der Waals surface area contributed by atoms with Crippen molar-refractivity contribution in [2.75, 3.05) is 18.5 Å². The van der Waals surface area contributed by atoms with Crippen molar-refractivity contribution in [3.63, 3.8) is 0 Å². The minimum absolute atomic E-state index is 0.215. The summed E-state index contributed by atoms with van der Waals surface area (Å²) in [7, 11) is 2.12. The van der Waals surface area contributed by atoms with E-state index in [2.05, 4.69) is 51.5 Å². The largest absolute Gasteiger partial charge is 0.478 e. The molecule has 33 heavy (non-hydrogen) atoms. The molecule has 7 heteroatoms. The normalized spacial score (nSPS) is 11.3. The van der Waals surface area contributed by atoms with E-state index in [9.17, 15) is 4.79 Å². The van der Waals surface area contributed by atoms with Crippen LogP contribution >= 0.6 is 0 Å². The molecule has 7 nitrogen and oxygen atoms in total. The predicted octanol–water partition coefficient (Wildman–Crippen LogP) is 8.23. The average molecular weight is 444 g/mol. The van der Waals surface area contributed by atoms with Gasteiger partial charge < -0.3 is 10.0 Å². The van der Waals surface area contributed by atoms with Crippen LogP contribution in [0.2, 0.25) is 0 Å². The van der Waals surface area contributed by atoms with Gasteiger partial charge in [-0.05, 0) is 79.2 Å². The van der Waals surface area contributed by atoms with Crippen molar-refractivity contribution in [1.82, 2.24) is 0 Å². The fraction of sp³-hybridized carbons (Fsp3) is 0.269. The van der Waals surface area contributed by atoms with Crippen LogP contribution in [0.1, 0.15) is 43.0 Å². The van der Waals surface area contributed by atoms with Crippen molar-refractivity contribution in [3.8, 4) is 0 Å². The molecule has 0 amide bonds. The Bertz CT molecular complexity index is 1080. The van der Waals surface area contributed by atoms with Crippen LogP contribution in [0.3, 0.4) is 0 Å². The van der Waals surface area contributed by atoms with Gasteiger partial charge in [0.05, 0.1) is 28.3 Å². The summed E-state index contributed by atoms with van der Waals surface area (Å²) < 4.78 is 0. The van der Waals surface area contributed by atoms with Crippen LogP contribution < -0.4 is 4.90 Å². The fourth-order valence-corrected chi connectivity index (χ4v) is 3.17. The van der Waals surface area contributed by atoms with Gasteiger partial charge >= 0.3 is 5.97 Å². The zero-order valence-electron chi connectivity index (χ0n) is 19.1. The summed E-state index contributed by atoms with van der Waals surface area (Å²) in [6.45, 7) is 3.28. The Labute approximate surface area is 194 Å². The highest BCUT2D eigenvalue weighted by Crippen LogP contribution is 2.25. The summed E-state index contributed by atoms with van der Waals surface area (Å²) in [5.41, 5.74) is 4.16. The summed E-state index contributed by atoms with van der Waals surface area (Å²) in [5.74, 6) is -0.968. The molecule has 0 spiro atoms. The number of azo groups is 2. The van der Waals surface area contributed by atoms with E-state index in [0.717, 1.165) is 17.9 Å². The SMILES string of the molecule is CCCCCCN(C)c1ccc(N=Nc2ccc(N=Nc3ccc(C(=O)O)cc3)cc2)cc1. The quantitative estimate of drug-likeness (QED) is 0.239. The Morgan fingerprint density at radius 3 is 1.55 bits per heavy atom. The van der Waals surface area contributed by atoms with Crippen molar-refractivity contribution in [2.45, 2.75) is 32.6 Å². The Hall–Kier alpha value is -3.87. The molecule has 0 radical (unpaired) electrons. The van der Waals surface area contributed by atoms with Crippen molar-refractivity contribution in [1.29, 1.82) is 0 Å². The van der Waals surface area contributed by atoms with Crippen LogP contribution in [0.25, 0.3) is 0 Å². The molecular formula is C26H29N5O2. The van der Waals surface area contributed by atoms with Crippen LogP contribution in [0.15, 0.2) is 93.3 Å². The second-order valence-corrected chi connectivity index (χ2v) is 7.77. The number of hydrogen-bond acceptors (Lipinski definition) is 6. The number of carbonyl (C=O) groups is 1. The monoisotopic (exact) mass is 443 g/mol. The maximum absolute atomic E-state index is 10.9. The molecule has 170 valence electrons. The van der Waals surface area contributed by atoms with Crippen molar-refractivity contribution >= 4 is 34.4 Å². The molecule has 3 rings (SSSR count). The summed E-state index contributed by atoms with van der Waals surface area (Å²) in [4.78, 5) is 13.2. The second-order valence-electron chi connectivity index (χ2n) is 7.77. The molecule has 0 saturated heterocycles. The fourth-order valence-electron chi connectivity index (χ4n) is 3.17. The van der Waals surface area contributed by atoms with Gasteiger partial charge in [0, 0.05) is 19.3 Å². The third kappa shape index (κ3) is 7.64. The lowest BCUT2D eigenvalue weighted by Crippen LogP contribution is -2.18. The maximum Gasteiger partial charge on any atom is 0.335 e. The van der Waals surface area contributed by atoms with Gasteiger partial charge in [0.1, 0.15) is 0 Å². The van der Waals surface area contributed by atoms with E-state index in [0.29, 0.717) is 11.4 Å². The first-order valence-electron chi connectivity index (χ1n) is 11.1. The molecule has 1 N–H and O–H groups in total. The number of anilines is 1. The second kappa shape index (κ2) is 12.2. The molecule has 0 atom stereocenters. The summed E-state index contributed by atoms with van der Waals surface area (Å²) in [6.07, 6.45) is 5.02. The molecule has 0 bridgehead atoms. The topological polar surface area (TPSA) is 90.0 Å². The minimum atomic E-state index is -0.968. The molecule has 0 aromatic heterocycles. The molecule has 0 heterocycles. The first-order chi connectivity index (χ1) is 16.0. The van der Waals surface area contributed by atoms with Gasteiger partial charge in [0.2, 0.25) is 0 Å². The van der Waals surface area contributed by atoms with Gasteiger partial charge in [-0.15, -0.1) is 0 Å². The van der Waals surface area contributed by atoms with E-state index in [-0.39, 0.29) is 5.56 Å². The number of carboxylic acid groups (broad SMARTS) is 1. The Morgan fingerprint density at radius 2 is 1.12 bits per heavy atom. The Kier molecular flexibility index (Phi) is 8.82. The number of rotatable bonds is 11. The van der Waals surface area contributed by atoms with E-state index in [1.54, 1.807) is 24.3 Å². The van der Waals surface area contributed by atoms with Crippen LogP contribution in [-0.2, 0) is 0 Å². The third-order valence-corrected chi connectivity index (χ3v) is 5.16. The molecule has 0 aliphatic rings. The molecule has 0 aliphatic carbocycles. The van der Waals surface area contributed by atoms with E-state index in [4.69, 9.17) is 5.11 Å². The van der Waals surface area contributed by atoms with Crippen LogP contribution in [0.5, 0.6) is 0 Å². The molecule has 3 aromatic carbocycles. The van der Waals surface area contributed by atoms with E-state index in [1.165, 1.54) is 43.5 Å². The number of aromatic carboxylic acids is 1. The molecule has 3 aromatic rings. The predicted molar refractivity (Wildman–Crippen MR) is 132 cm³/mol. The highest BCUT2D eigenvalue weighted by molar-refractivity contribution is 5.87. The summed E-state index contributed by atoms with van der Waals surface area (Å²) >= 11 is 0. The highest BCUT2D eigenvalue weighted by Gasteiger charge is 2.02. The number of carboxylic acids is 1. The Balaban J connectivity index is 1.53. The van der Waals surface area contributed by atoms with E-state index < -0.39 is 5.97 Å². The van der Waals surface area contributed by atoms with Gasteiger partial charge in [-0.2, -0.15) is 20.5 Å². The third-order valence-electron chi connectivity index (χ3n) is 5.16. The van der Waals surface area contributed by atoms with Gasteiger partial charge in [0.15, 0.2) is 0 Å². The molecule has 0 fully saturated rings. The van der Waals surface area contributed by atoms with Gasteiger partial charge in [-0.1, -0.05) is 26.2 Å². The van der Waals surface area contributed by atoms with Gasteiger partial charge in [-0.3, -0.25) is 0 Å². The van der Waals surface area contributed by atoms with Gasteiger partial charge in [0.25, 0.3) is 0 Å². The standard InChI is InChI=1S/C26H29N5O2/c1-3-4-5-6-19-31(2)25-17-15-24(16-18-25)30-29-23-13-11-22(12-14-23)28-27-21-9-7-20(8-10-21)26(32)33/h7-18H,3-6,19H2,1-2H3,(H,32,33). The van der Waals surface area contributed by atoms with E-state index in [1.807, 2.05) is 24.3 Å². The Morgan fingerprint density at radius 1 is 0.697 bits per heavy atom. The number of unbranched alkanes of at least 4 members (excludes halogenated alkanes) is 3. The lowest BCUT2D eigenvalue weighted by molar-refractivity contribution is 0.0697. The lowest BCUT2D eigenvalue weighted by Gasteiger charge is -2.19. The number of hydrogen-bond donors (Lipinski definition) is 1. The first-order valence-corrected chi connectivity index (χ1v) is 11.1. The molecule has 0 aliphatic heterocycles. The first kappa shape index (κ1) is 23.8. The maximum atomic E-state index is 10.9. The van der Waals surface area contributed by atoms with Crippen molar-refractivity contribution in [3.05, 3.63) is 78.4 Å². The number of benzene rings is 3. The van der Waals surface area contributed by atoms with Gasteiger partial charge in [-0.25, -0.2) is 4.79 Å². The van der Waals surface area contributed by atoms with Crippen LogP contribution in [-0.4, -0.2) is 24.7 Å². The molecule has 0 saturated carbocycles.